The SMILES string of the molecule is COC(=O)c1ccc(COc2ccc(/C=N\NC(=O)C(=O)NC3CC3)cc2OC)o1. The van der Waals surface area contributed by atoms with Crippen molar-refractivity contribution in [1.29, 1.82) is 0 Å². The fourth-order valence-electron chi connectivity index (χ4n) is 2.39. The number of nitrogens with zero attached hydrogens (tertiary/aromatic N) is 1. The first-order valence-corrected chi connectivity index (χ1v) is 9.12. The van der Waals surface area contributed by atoms with E-state index in [1.54, 1.807) is 24.3 Å². The molecule has 1 aliphatic rings. The summed E-state index contributed by atoms with van der Waals surface area (Å²) in [4.78, 5) is 34.6. The third-order valence-electron chi connectivity index (χ3n) is 4.10. The van der Waals surface area contributed by atoms with Gasteiger partial charge in [0, 0.05) is 6.04 Å². The summed E-state index contributed by atoms with van der Waals surface area (Å²) >= 11 is 0. The zero-order valence-corrected chi connectivity index (χ0v) is 16.5. The topological polar surface area (TPSA) is 128 Å². The minimum Gasteiger partial charge on any atom is -0.493 e. The van der Waals surface area contributed by atoms with Gasteiger partial charge in [0.2, 0.25) is 5.76 Å². The second kappa shape index (κ2) is 9.59. The largest absolute Gasteiger partial charge is 0.493 e. The molecule has 3 rings (SSSR count). The molecule has 0 unspecified atom stereocenters. The predicted molar refractivity (Wildman–Crippen MR) is 104 cm³/mol. The van der Waals surface area contributed by atoms with Crippen molar-refractivity contribution >= 4 is 24.0 Å². The van der Waals surface area contributed by atoms with E-state index in [9.17, 15) is 14.4 Å². The van der Waals surface area contributed by atoms with Gasteiger partial charge in [0.05, 0.1) is 20.4 Å². The van der Waals surface area contributed by atoms with Crippen LogP contribution in [0.25, 0.3) is 0 Å². The van der Waals surface area contributed by atoms with E-state index in [1.165, 1.54) is 26.5 Å². The number of rotatable bonds is 8. The molecule has 0 radical (unpaired) electrons. The van der Waals surface area contributed by atoms with Gasteiger partial charge in [0.1, 0.15) is 12.4 Å². The van der Waals surface area contributed by atoms with Crippen LogP contribution in [-0.2, 0) is 20.9 Å². The molecule has 0 bridgehead atoms. The predicted octanol–water partition coefficient (Wildman–Crippen LogP) is 1.38. The quantitative estimate of drug-likeness (QED) is 0.288. The Hall–Kier alpha value is -3.82. The molecule has 10 nitrogen and oxygen atoms in total. The number of benzene rings is 1. The fourth-order valence-corrected chi connectivity index (χ4v) is 2.39. The second-order valence-corrected chi connectivity index (χ2v) is 6.40. The summed E-state index contributed by atoms with van der Waals surface area (Å²) < 4.78 is 20.9. The molecule has 1 saturated carbocycles. The smallest absolute Gasteiger partial charge is 0.373 e. The van der Waals surface area contributed by atoms with E-state index in [2.05, 4.69) is 20.6 Å². The highest BCUT2D eigenvalue weighted by Crippen LogP contribution is 2.28. The Labute approximate surface area is 172 Å². The van der Waals surface area contributed by atoms with E-state index in [1.807, 2.05) is 0 Å². The monoisotopic (exact) mass is 415 g/mol. The molecule has 2 N–H and O–H groups in total. The molecule has 0 atom stereocenters. The Morgan fingerprint density at radius 1 is 1.13 bits per heavy atom. The molecule has 30 heavy (non-hydrogen) atoms. The number of hydrogen-bond acceptors (Lipinski definition) is 8. The van der Waals surface area contributed by atoms with Gasteiger partial charge in [-0.1, -0.05) is 0 Å². The van der Waals surface area contributed by atoms with Crippen molar-refractivity contribution in [3.05, 3.63) is 47.4 Å². The number of esters is 1. The molecule has 158 valence electrons. The Balaban J connectivity index is 1.56. The Kier molecular flexibility index (Phi) is 6.68. The van der Waals surface area contributed by atoms with E-state index in [4.69, 9.17) is 13.9 Å². The average molecular weight is 415 g/mol. The molecule has 1 heterocycles. The summed E-state index contributed by atoms with van der Waals surface area (Å²) in [6.07, 6.45) is 3.16. The molecule has 1 aromatic heterocycles. The van der Waals surface area contributed by atoms with Crippen LogP contribution in [0.2, 0.25) is 0 Å². The van der Waals surface area contributed by atoms with Gasteiger partial charge in [0.15, 0.2) is 11.5 Å². The number of hydrazone groups is 1. The summed E-state index contributed by atoms with van der Waals surface area (Å²) in [5, 5.41) is 6.35. The lowest BCUT2D eigenvalue weighted by Crippen LogP contribution is -2.38. The molecular formula is C20H21N3O7. The molecule has 0 aliphatic heterocycles. The number of hydrogen-bond donors (Lipinski definition) is 2. The molecule has 1 fully saturated rings. The van der Waals surface area contributed by atoms with Crippen molar-refractivity contribution < 1.29 is 33.0 Å². The maximum Gasteiger partial charge on any atom is 0.373 e. The van der Waals surface area contributed by atoms with Crippen LogP contribution >= 0.6 is 0 Å². The van der Waals surface area contributed by atoms with Gasteiger partial charge in [-0.25, -0.2) is 10.2 Å². The molecule has 2 aromatic rings. The highest BCUT2D eigenvalue weighted by atomic mass is 16.5. The third kappa shape index (κ3) is 5.60. The van der Waals surface area contributed by atoms with E-state index in [0.29, 0.717) is 22.8 Å². The van der Waals surface area contributed by atoms with Gasteiger partial charge in [-0.2, -0.15) is 5.10 Å². The fraction of sp³-hybridized carbons (Fsp3) is 0.300. The minimum absolute atomic E-state index is 0.0763. The van der Waals surface area contributed by atoms with Crippen LogP contribution in [0.1, 0.15) is 34.7 Å². The highest BCUT2D eigenvalue weighted by molar-refractivity contribution is 6.35. The molecule has 2 amide bonds. The average Bonchev–Trinajstić information content (AvgIpc) is 3.44. The summed E-state index contributed by atoms with van der Waals surface area (Å²) in [5.74, 6) is -0.702. The van der Waals surface area contributed by atoms with E-state index < -0.39 is 17.8 Å². The second-order valence-electron chi connectivity index (χ2n) is 6.40. The Morgan fingerprint density at radius 3 is 2.63 bits per heavy atom. The third-order valence-corrected chi connectivity index (χ3v) is 4.10. The van der Waals surface area contributed by atoms with Crippen molar-refractivity contribution in [3.8, 4) is 11.5 Å². The number of furan rings is 1. The first-order valence-electron chi connectivity index (χ1n) is 9.12. The lowest BCUT2D eigenvalue weighted by atomic mass is 10.2. The van der Waals surface area contributed by atoms with Crippen LogP contribution in [0.15, 0.2) is 39.9 Å². The molecule has 0 spiro atoms. The number of nitrogens with one attached hydrogen (secondary N) is 2. The van der Waals surface area contributed by atoms with Crippen molar-refractivity contribution in [2.24, 2.45) is 5.10 Å². The van der Waals surface area contributed by atoms with E-state index in [0.717, 1.165) is 12.8 Å². The van der Waals surface area contributed by atoms with Crippen molar-refractivity contribution in [3.63, 3.8) is 0 Å². The van der Waals surface area contributed by atoms with Crippen molar-refractivity contribution in [1.82, 2.24) is 10.7 Å². The van der Waals surface area contributed by atoms with Crippen LogP contribution in [-0.4, -0.2) is 44.3 Å². The maximum atomic E-state index is 11.6. The molecular weight excluding hydrogens is 394 g/mol. The standard InChI is InChI=1S/C20H21N3O7/c1-27-17-9-12(10-21-23-19(25)18(24)22-13-4-5-13)3-7-15(17)29-11-14-6-8-16(30-14)20(26)28-2/h3,6-10,13H,4-5,11H2,1-2H3,(H,22,24)(H,23,25)/b21-10-. The maximum absolute atomic E-state index is 11.6. The number of ether oxygens (including phenoxy) is 3. The lowest BCUT2D eigenvalue weighted by molar-refractivity contribution is -0.139. The van der Waals surface area contributed by atoms with Gasteiger partial charge in [-0.3, -0.25) is 9.59 Å². The van der Waals surface area contributed by atoms with Crippen LogP contribution in [0.4, 0.5) is 0 Å². The lowest BCUT2D eigenvalue weighted by Gasteiger charge is -2.10. The number of amides is 2. The molecule has 1 aliphatic carbocycles. The summed E-state index contributed by atoms with van der Waals surface area (Å²) in [6.45, 7) is 0.0763. The Bertz CT molecular complexity index is 963. The summed E-state index contributed by atoms with van der Waals surface area (Å²) in [6, 6.07) is 8.21. The highest BCUT2D eigenvalue weighted by Gasteiger charge is 2.26. The zero-order valence-electron chi connectivity index (χ0n) is 16.5. The number of carbonyl (C=O) groups excluding carboxylic acids is 3. The first-order chi connectivity index (χ1) is 14.5. The van der Waals surface area contributed by atoms with Crippen molar-refractivity contribution in [2.75, 3.05) is 14.2 Å². The van der Waals surface area contributed by atoms with Crippen LogP contribution < -0.4 is 20.2 Å². The summed E-state index contributed by atoms with van der Waals surface area (Å²) in [5.41, 5.74) is 2.79. The van der Waals surface area contributed by atoms with Gasteiger partial charge in [-0.15, -0.1) is 0 Å². The van der Waals surface area contributed by atoms with Gasteiger partial charge in [0.25, 0.3) is 0 Å². The van der Waals surface area contributed by atoms with Crippen molar-refractivity contribution in [2.45, 2.75) is 25.5 Å². The van der Waals surface area contributed by atoms with Gasteiger partial charge in [-0.05, 0) is 48.7 Å². The first kappa shape index (κ1) is 20.9. The molecule has 10 heteroatoms. The molecule has 1 aromatic carbocycles. The van der Waals surface area contributed by atoms with Crippen LogP contribution in [0, 0.1) is 0 Å². The van der Waals surface area contributed by atoms with Gasteiger partial charge >= 0.3 is 17.8 Å². The Morgan fingerprint density at radius 2 is 1.93 bits per heavy atom. The van der Waals surface area contributed by atoms with Crippen LogP contribution in [0.3, 0.4) is 0 Å². The van der Waals surface area contributed by atoms with Crippen LogP contribution in [0.5, 0.6) is 11.5 Å². The number of methoxy groups -OCH3 is 2. The van der Waals surface area contributed by atoms with Gasteiger partial charge < -0.3 is 23.9 Å². The summed E-state index contributed by atoms with van der Waals surface area (Å²) in [7, 11) is 2.75. The minimum atomic E-state index is -0.824. The zero-order chi connectivity index (χ0) is 21.5. The van der Waals surface area contributed by atoms with E-state index in [-0.39, 0.29) is 18.4 Å². The van der Waals surface area contributed by atoms with E-state index >= 15 is 0 Å². The molecule has 0 saturated heterocycles. The normalized spacial score (nSPS) is 13.0. The number of carbonyl (C=O) groups is 3.